The Hall–Kier alpha value is -5.56. The van der Waals surface area contributed by atoms with Gasteiger partial charge in [0.2, 0.25) is 5.91 Å². The Labute approximate surface area is 417 Å². The molecule has 1 spiro atoms. The number of carbonyl (C=O) groups is 5. The molecule has 17 nitrogen and oxygen atoms in total. The lowest BCUT2D eigenvalue weighted by atomic mass is 9.89. The Morgan fingerprint density at radius 2 is 1.58 bits per heavy atom. The summed E-state index contributed by atoms with van der Waals surface area (Å²) >= 11 is 1.51. The smallest absolute Gasteiger partial charge is 0.490 e. The SMILES string of the molecule is CCCC[C@@H](C)N(CCNCCc1ccc(O)c2c1OCC(=O)N2)C(=O)CCOCCc1ccc(CCN2CCC3(CC2)CN(C(=O)c2csc(C)n2)CCO3)cc1.O=C(O)C(F)(F)F.O=C(O)C(F)(F)F. The molecule has 72 heavy (non-hydrogen) atoms. The van der Waals surface area contributed by atoms with Crippen LogP contribution in [0.5, 0.6) is 11.5 Å². The lowest BCUT2D eigenvalue weighted by Gasteiger charge is -2.47. The number of thiazole rings is 1. The van der Waals surface area contributed by atoms with Crippen molar-refractivity contribution in [3.05, 3.63) is 69.2 Å². The Morgan fingerprint density at radius 1 is 0.944 bits per heavy atom. The second-order valence-corrected chi connectivity index (χ2v) is 18.6. The van der Waals surface area contributed by atoms with Crippen LogP contribution in [0.3, 0.4) is 0 Å². The second kappa shape index (κ2) is 28.0. The molecule has 2 saturated heterocycles. The number of benzene rings is 2. The molecule has 3 aromatic rings. The van der Waals surface area contributed by atoms with Crippen molar-refractivity contribution in [3.63, 3.8) is 0 Å². The molecule has 400 valence electrons. The van der Waals surface area contributed by atoms with Gasteiger partial charge in [-0.3, -0.25) is 14.4 Å². The van der Waals surface area contributed by atoms with E-state index in [-0.39, 0.29) is 41.7 Å². The van der Waals surface area contributed by atoms with Crippen molar-refractivity contribution in [3.8, 4) is 11.5 Å². The maximum atomic E-state index is 13.4. The molecule has 0 saturated carbocycles. The molecule has 3 amide bonds. The summed E-state index contributed by atoms with van der Waals surface area (Å²) in [4.78, 5) is 66.8. The third-order valence-corrected chi connectivity index (χ3v) is 12.9. The average Bonchev–Trinajstić information content (AvgIpc) is 3.78. The largest absolute Gasteiger partial charge is 0.506 e. The predicted molar refractivity (Wildman–Crippen MR) is 253 cm³/mol. The number of amides is 3. The molecule has 0 bridgehead atoms. The van der Waals surface area contributed by atoms with E-state index in [1.54, 1.807) is 6.07 Å². The molecule has 3 aliphatic rings. The first kappa shape index (κ1) is 59.0. The minimum atomic E-state index is -5.08. The first-order chi connectivity index (χ1) is 34.0. The van der Waals surface area contributed by atoms with Crippen molar-refractivity contribution in [2.45, 2.75) is 103 Å². The number of aromatic hydroxyl groups is 1. The molecule has 0 radical (unpaired) electrons. The van der Waals surface area contributed by atoms with Crippen LogP contribution in [0.1, 0.15) is 84.6 Å². The minimum absolute atomic E-state index is 0.00868. The number of piperidine rings is 1. The number of hydrogen-bond acceptors (Lipinski definition) is 13. The van der Waals surface area contributed by atoms with E-state index < -0.39 is 24.3 Å². The maximum Gasteiger partial charge on any atom is 0.490 e. The number of unbranched alkanes of at least 4 members (excludes halogenated alkanes) is 1. The number of rotatable bonds is 20. The molecule has 24 heteroatoms. The van der Waals surface area contributed by atoms with E-state index in [1.807, 2.05) is 28.2 Å². The van der Waals surface area contributed by atoms with Crippen LogP contribution in [0.4, 0.5) is 32.0 Å². The topological polar surface area (TPSA) is 220 Å². The number of carbonyl (C=O) groups excluding carboxylic acids is 3. The van der Waals surface area contributed by atoms with E-state index >= 15 is 0 Å². The molecule has 2 aromatic carbocycles. The van der Waals surface area contributed by atoms with Crippen LogP contribution >= 0.6 is 11.3 Å². The van der Waals surface area contributed by atoms with E-state index in [4.69, 9.17) is 34.0 Å². The van der Waals surface area contributed by atoms with Crippen LogP contribution in [0.15, 0.2) is 41.8 Å². The summed E-state index contributed by atoms with van der Waals surface area (Å²) < 4.78 is 81.3. The van der Waals surface area contributed by atoms with Gasteiger partial charge in [-0.2, -0.15) is 26.3 Å². The van der Waals surface area contributed by atoms with Gasteiger partial charge in [0.15, 0.2) is 12.4 Å². The fourth-order valence-corrected chi connectivity index (χ4v) is 8.68. The molecule has 3 aliphatic heterocycles. The molecule has 1 atom stereocenters. The number of likely N-dealkylation sites (tertiary alicyclic amines) is 1. The van der Waals surface area contributed by atoms with Crippen molar-refractivity contribution in [2.75, 3.05) is 84.1 Å². The number of ether oxygens (including phenoxy) is 3. The first-order valence-corrected chi connectivity index (χ1v) is 24.5. The monoisotopic (exact) mass is 1050 g/mol. The Bertz CT molecular complexity index is 2220. The number of fused-ring (bicyclic) bond motifs is 1. The van der Waals surface area contributed by atoms with Gasteiger partial charge in [0.1, 0.15) is 17.1 Å². The summed E-state index contributed by atoms with van der Waals surface area (Å²) in [6.45, 7) is 13.8. The fraction of sp³-hybridized carbons (Fsp3) is 0.583. The number of aromatic nitrogens is 1. The van der Waals surface area contributed by atoms with Crippen molar-refractivity contribution in [1.29, 1.82) is 0 Å². The molecule has 5 N–H and O–H groups in total. The summed E-state index contributed by atoms with van der Waals surface area (Å²) in [6.07, 6.45) is -2.40. The molecule has 0 unspecified atom stereocenters. The van der Waals surface area contributed by atoms with Crippen molar-refractivity contribution >= 4 is 46.7 Å². The van der Waals surface area contributed by atoms with E-state index in [9.17, 15) is 45.8 Å². The maximum absolute atomic E-state index is 13.4. The molecule has 6 rings (SSSR count). The average molecular weight is 1050 g/mol. The number of anilines is 1. The van der Waals surface area contributed by atoms with E-state index in [0.717, 1.165) is 75.2 Å². The van der Waals surface area contributed by atoms with Crippen molar-refractivity contribution in [2.24, 2.45) is 0 Å². The number of phenols is 1. The standard InChI is InChI=1S/C44H62N6O7S.2C2HF3O2/c1-4-5-6-32(2)50(24-20-45-19-13-36-11-12-38(51)41-42(36)56-29-39(52)47-41)40(53)16-27-55-26-15-35-9-7-34(8-10-35)14-21-48-22-17-44(18-23-48)31-49(25-28-57-44)43(54)37-30-58-33(3)46-37;2*3-2(4,5)1(6)7/h7-12,30,32,45,51H,4-6,13-29,31H2,1-3H3,(H,47,52);2*(H,6,7)/t32-;;/m1../s1. The highest BCUT2D eigenvalue weighted by Crippen LogP contribution is 2.39. The van der Waals surface area contributed by atoms with E-state index in [0.29, 0.717) is 82.5 Å². The summed E-state index contributed by atoms with van der Waals surface area (Å²) in [6, 6.07) is 12.3. The highest BCUT2D eigenvalue weighted by molar-refractivity contribution is 7.09. The summed E-state index contributed by atoms with van der Waals surface area (Å²) in [5, 5.41) is 33.3. The van der Waals surface area contributed by atoms with Gasteiger partial charge in [0, 0.05) is 50.7 Å². The number of alkyl halides is 6. The molecule has 4 heterocycles. The van der Waals surface area contributed by atoms with Gasteiger partial charge in [-0.25, -0.2) is 14.6 Å². The summed E-state index contributed by atoms with van der Waals surface area (Å²) in [5.41, 5.74) is 4.06. The number of phenolic OH excluding ortho intramolecular Hbond substituents is 1. The molecule has 2 fully saturated rings. The van der Waals surface area contributed by atoms with Crippen molar-refractivity contribution in [1.82, 2.24) is 25.0 Å². The Morgan fingerprint density at radius 3 is 2.18 bits per heavy atom. The number of morpholine rings is 1. The molecular weight excluding hydrogens is 983 g/mol. The zero-order valence-corrected chi connectivity index (χ0v) is 41.4. The van der Waals surface area contributed by atoms with Crippen LogP contribution in [0.2, 0.25) is 0 Å². The number of nitrogens with one attached hydrogen (secondary N) is 2. The van der Waals surface area contributed by atoms with Crippen LogP contribution in [-0.4, -0.2) is 167 Å². The van der Waals surface area contributed by atoms with Crippen LogP contribution in [0, 0.1) is 6.92 Å². The van der Waals surface area contributed by atoms with Gasteiger partial charge in [-0.15, -0.1) is 11.3 Å². The normalized spacial score (nSPS) is 16.0. The second-order valence-electron chi connectivity index (χ2n) is 17.5. The fourth-order valence-electron chi connectivity index (χ4n) is 8.09. The lowest BCUT2D eigenvalue weighted by molar-refractivity contribution is -0.193. The summed E-state index contributed by atoms with van der Waals surface area (Å²) in [5.74, 6) is -5.16. The number of hydrogen-bond donors (Lipinski definition) is 5. The molecular formula is C48H64F6N6O11S. The van der Waals surface area contributed by atoms with Crippen LogP contribution < -0.4 is 15.4 Å². The van der Waals surface area contributed by atoms with Gasteiger partial charge in [-0.05, 0) is 81.7 Å². The number of carboxylic acids is 2. The number of halogens is 6. The molecule has 0 aliphatic carbocycles. The third-order valence-electron chi connectivity index (χ3n) is 12.1. The van der Waals surface area contributed by atoms with Crippen LogP contribution in [0.25, 0.3) is 0 Å². The third kappa shape index (κ3) is 19.1. The number of aryl methyl sites for hydroxylation is 1. The van der Waals surface area contributed by atoms with Gasteiger partial charge in [-0.1, -0.05) is 50.1 Å². The zero-order valence-electron chi connectivity index (χ0n) is 40.5. The summed E-state index contributed by atoms with van der Waals surface area (Å²) in [7, 11) is 0. The Kier molecular flexibility index (Phi) is 23.0. The highest BCUT2D eigenvalue weighted by atomic mass is 32.1. The van der Waals surface area contributed by atoms with Crippen LogP contribution in [-0.2, 0) is 47.9 Å². The number of carboxylic acid groups (broad SMARTS) is 2. The van der Waals surface area contributed by atoms with E-state index in [2.05, 4.69) is 58.6 Å². The van der Waals surface area contributed by atoms with Gasteiger partial charge in [0.25, 0.3) is 11.8 Å². The van der Waals surface area contributed by atoms with Crippen molar-refractivity contribution < 1.29 is 79.8 Å². The lowest BCUT2D eigenvalue weighted by Crippen LogP contribution is -2.58. The zero-order chi connectivity index (χ0) is 53.1. The first-order valence-electron chi connectivity index (χ1n) is 23.6. The minimum Gasteiger partial charge on any atom is -0.506 e. The quantitative estimate of drug-likeness (QED) is 0.0464. The van der Waals surface area contributed by atoms with Gasteiger partial charge >= 0.3 is 24.3 Å². The molecule has 1 aromatic heterocycles. The number of aliphatic carboxylic acids is 2. The Balaban J connectivity index is 0.000000703. The number of nitrogens with zero attached hydrogens (tertiary/aromatic N) is 4. The van der Waals surface area contributed by atoms with E-state index in [1.165, 1.54) is 22.5 Å². The van der Waals surface area contributed by atoms with Gasteiger partial charge in [0.05, 0.1) is 43.4 Å². The highest BCUT2D eigenvalue weighted by Gasteiger charge is 2.42. The van der Waals surface area contributed by atoms with Gasteiger partial charge < -0.3 is 54.9 Å². The predicted octanol–water partition coefficient (Wildman–Crippen LogP) is 6.49.